The van der Waals surface area contributed by atoms with Crippen LogP contribution in [0.1, 0.15) is 18.1 Å². The van der Waals surface area contributed by atoms with Gasteiger partial charge in [-0.25, -0.2) is 0 Å². The first kappa shape index (κ1) is 23.2. The molecule has 0 bridgehead atoms. The number of fused-ring (bicyclic) bond motifs is 1. The number of nitrogens with one attached hydrogen (secondary N) is 1. The van der Waals surface area contributed by atoms with E-state index in [0.29, 0.717) is 29.6 Å². The number of benzene rings is 2. The lowest BCUT2D eigenvalue weighted by atomic mass is 9.99. The van der Waals surface area contributed by atoms with E-state index in [0.717, 1.165) is 16.8 Å². The third-order valence-corrected chi connectivity index (χ3v) is 5.69. The van der Waals surface area contributed by atoms with E-state index in [2.05, 4.69) is 5.32 Å². The summed E-state index contributed by atoms with van der Waals surface area (Å²) in [6, 6.07) is 12.8. The fourth-order valence-corrected chi connectivity index (χ4v) is 3.93. The van der Waals surface area contributed by atoms with Crippen LogP contribution in [0.5, 0.6) is 5.75 Å². The van der Waals surface area contributed by atoms with Gasteiger partial charge in [-0.3, -0.25) is 4.79 Å². The molecule has 2 aromatic carbocycles. The monoisotopic (exact) mass is 457 g/mol. The highest BCUT2D eigenvalue weighted by Crippen LogP contribution is 2.34. The molecule has 4 rings (SSSR count). The van der Waals surface area contributed by atoms with E-state index in [1.54, 1.807) is 24.5 Å². The first-order valence-electron chi connectivity index (χ1n) is 10.7. The third-order valence-electron chi connectivity index (χ3n) is 5.69. The molecule has 33 heavy (non-hydrogen) atoms. The Balaban J connectivity index is 1.52. The minimum absolute atomic E-state index is 0.125. The van der Waals surface area contributed by atoms with Gasteiger partial charge in [0, 0.05) is 18.2 Å². The molecule has 1 aliphatic heterocycles. The van der Waals surface area contributed by atoms with Gasteiger partial charge >= 0.3 is 0 Å². The number of amides is 1. The molecule has 5 N–H and O–H groups in total. The van der Waals surface area contributed by atoms with Gasteiger partial charge in [0.15, 0.2) is 0 Å². The molecule has 1 saturated heterocycles. The predicted molar refractivity (Wildman–Crippen MR) is 119 cm³/mol. The molecule has 1 fully saturated rings. The highest BCUT2D eigenvalue weighted by atomic mass is 16.7. The summed E-state index contributed by atoms with van der Waals surface area (Å²) in [5.74, 6) is 0.265. The fraction of sp³-hybridized carbons (Fsp3) is 0.375. The van der Waals surface area contributed by atoms with E-state index in [-0.39, 0.29) is 5.91 Å². The maximum atomic E-state index is 11.2. The highest BCUT2D eigenvalue weighted by molar-refractivity contribution is 5.89. The van der Waals surface area contributed by atoms with Crippen molar-refractivity contribution in [1.82, 2.24) is 0 Å². The SMILES string of the molecule is CC(=O)Nc1ccc(CCc2coc3cccc(O[C@@H]4O[C@H](CO)[C@@H](O)[C@H](O)[C@H]4O)c23)cc1. The standard InChI is InChI=1S/C24H27NO8/c1-13(27)25-16-9-6-14(7-10-16)5-8-15-12-31-17-3-2-4-18(20(15)17)32-24-23(30)22(29)21(28)19(11-26)33-24/h2-4,6-7,9-10,12,19,21-24,26,28-30H,5,8,11H2,1H3,(H,25,27)/t19-,21-,22+,23-,24-/m1/s1. The quantitative estimate of drug-likeness (QED) is 0.358. The van der Waals surface area contributed by atoms with Crippen molar-refractivity contribution in [2.75, 3.05) is 11.9 Å². The number of furan rings is 1. The first-order chi connectivity index (χ1) is 15.9. The molecule has 2 heterocycles. The van der Waals surface area contributed by atoms with E-state index < -0.39 is 37.3 Å². The first-order valence-corrected chi connectivity index (χ1v) is 10.7. The molecule has 9 heteroatoms. The van der Waals surface area contributed by atoms with E-state index in [4.69, 9.17) is 13.9 Å². The Morgan fingerprint density at radius 2 is 1.79 bits per heavy atom. The maximum Gasteiger partial charge on any atom is 0.229 e. The summed E-state index contributed by atoms with van der Waals surface area (Å²) >= 11 is 0. The van der Waals surface area contributed by atoms with E-state index in [1.807, 2.05) is 24.3 Å². The number of ether oxygens (including phenoxy) is 2. The summed E-state index contributed by atoms with van der Waals surface area (Å²) < 4.78 is 17.0. The second-order valence-corrected chi connectivity index (χ2v) is 8.08. The Morgan fingerprint density at radius 3 is 2.48 bits per heavy atom. The lowest BCUT2D eigenvalue weighted by molar-refractivity contribution is -0.277. The summed E-state index contributed by atoms with van der Waals surface area (Å²) in [6.07, 6.45) is -3.82. The molecule has 9 nitrogen and oxygen atoms in total. The van der Waals surface area contributed by atoms with Crippen molar-refractivity contribution in [3.05, 3.63) is 59.9 Å². The molecule has 0 saturated carbocycles. The van der Waals surface area contributed by atoms with Crippen LogP contribution in [0.25, 0.3) is 11.0 Å². The van der Waals surface area contributed by atoms with Gasteiger partial charge in [0.05, 0.1) is 18.3 Å². The zero-order chi connectivity index (χ0) is 23.5. The molecule has 176 valence electrons. The molecule has 1 aliphatic rings. The normalized spacial score (nSPS) is 25.2. The number of rotatable bonds is 7. The Bertz CT molecular complexity index is 1090. The van der Waals surface area contributed by atoms with Crippen molar-refractivity contribution in [3.63, 3.8) is 0 Å². The molecule has 0 spiro atoms. The highest BCUT2D eigenvalue weighted by Gasteiger charge is 2.44. The second kappa shape index (κ2) is 9.90. The van der Waals surface area contributed by atoms with Crippen molar-refractivity contribution < 1.29 is 39.1 Å². The number of hydrogen-bond acceptors (Lipinski definition) is 8. The molecule has 1 aromatic heterocycles. The molecule has 0 aliphatic carbocycles. The summed E-state index contributed by atoms with van der Waals surface area (Å²) in [7, 11) is 0. The smallest absolute Gasteiger partial charge is 0.229 e. The lowest BCUT2D eigenvalue weighted by Crippen LogP contribution is -2.60. The minimum atomic E-state index is -1.52. The zero-order valence-electron chi connectivity index (χ0n) is 18.0. The number of hydrogen-bond donors (Lipinski definition) is 5. The van der Waals surface area contributed by atoms with Crippen molar-refractivity contribution in [1.29, 1.82) is 0 Å². The summed E-state index contributed by atoms with van der Waals surface area (Å²) in [5, 5.41) is 43.2. The molecule has 1 amide bonds. The van der Waals surface area contributed by atoms with E-state index in [1.165, 1.54) is 6.92 Å². The minimum Gasteiger partial charge on any atom is -0.464 e. The van der Waals surface area contributed by atoms with E-state index in [9.17, 15) is 25.2 Å². The van der Waals surface area contributed by atoms with Crippen LogP contribution in [0.15, 0.2) is 53.1 Å². The number of carbonyl (C=O) groups is 1. The third kappa shape index (κ3) is 5.02. The number of anilines is 1. The summed E-state index contributed by atoms with van der Waals surface area (Å²) in [5.41, 5.74) is 3.28. The second-order valence-electron chi connectivity index (χ2n) is 8.08. The van der Waals surface area contributed by atoms with Gasteiger partial charge in [0.25, 0.3) is 0 Å². The average Bonchev–Trinajstić information content (AvgIpc) is 3.22. The number of aliphatic hydroxyl groups excluding tert-OH is 4. The van der Waals surface area contributed by atoms with Crippen LogP contribution in [0, 0.1) is 0 Å². The van der Waals surface area contributed by atoms with Crippen LogP contribution in [0.2, 0.25) is 0 Å². The van der Waals surface area contributed by atoms with Crippen LogP contribution in [0.3, 0.4) is 0 Å². The Labute approximate surface area is 190 Å². The fourth-order valence-electron chi connectivity index (χ4n) is 3.93. The molecule has 0 unspecified atom stereocenters. The van der Waals surface area contributed by atoms with Crippen LogP contribution in [-0.2, 0) is 22.4 Å². The Morgan fingerprint density at radius 1 is 1.03 bits per heavy atom. The van der Waals surface area contributed by atoms with Crippen LogP contribution in [0.4, 0.5) is 5.69 Å². The van der Waals surface area contributed by atoms with Crippen molar-refractivity contribution in [3.8, 4) is 5.75 Å². The van der Waals surface area contributed by atoms with Crippen LogP contribution < -0.4 is 10.1 Å². The lowest BCUT2D eigenvalue weighted by Gasteiger charge is -2.39. The largest absolute Gasteiger partial charge is 0.464 e. The van der Waals surface area contributed by atoms with Crippen LogP contribution >= 0.6 is 0 Å². The van der Waals surface area contributed by atoms with Crippen molar-refractivity contribution >= 4 is 22.6 Å². The number of aryl methyl sites for hydroxylation is 2. The average molecular weight is 457 g/mol. The van der Waals surface area contributed by atoms with Gasteiger partial charge in [0.2, 0.25) is 12.2 Å². The molecular formula is C24H27NO8. The number of carbonyl (C=O) groups excluding carboxylic acids is 1. The van der Waals surface area contributed by atoms with Crippen LogP contribution in [-0.4, -0.2) is 63.6 Å². The molecule has 3 aromatic rings. The maximum absolute atomic E-state index is 11.2. The Hall–Kier alpha value is -2.95. The predicted octanol–water partition coefficient (Wildman–Crippen LogP) is 1.36. The van der Waals surface area contributed by atoms with Gasteiger partial charge < -0.3 is 39.6 Å². The molecule has 5 atom stereocenters. The molecular weight excluding hydrogens is 430 g/mol. The topological polar surface area (TPSA) is 142 Å². The van der Waals surface area contributed by atoms with Gasteiger partial charge in [-0.05, 0) is 42.7 Å². The van der Waals surface area contributed by atoms with Gasteiger partial charge in [0.1, 0.15) is 35.7 Å². The summed E-state index contributed by atoms with van der Waals surface area (Å²) in [4.78, 5) is 11.2. The zero-order valence-corrected chi connectivity index (χ0v) is 18.0. The van der Waals surface area contributed by atoms with Crippen molar-refractivity contribution in [2.45, 2.75) is 50.5 Å². The number of aliphatic hydroxyl groups is 4. The van der Waals surface area contributed by atoms with Crippen molar-refractivity contribution in [2.24, 2.45) is 0 Å². The summed E-state index contributed by atoms with van der Waals surface area (Å²) in [6.45, 7) is 0.925. The van der Waals surface area contributed by atoms with Gasteiger partial charge in [-0.15, -0.1) is 0 Å². The molecule has 0 radical (unpaired) electrons. The van der Waals surface area contributed by atoms with Gasteiger partial charge in [-0.2, -0.15) is 0 Å². The van der Waals surface area contributed by atoms with Gasteiger partial charge in [-0.1, -0.05) is 18.2 Å². The van der Waals surface area contributed by atoms with E-state index >= 15 is 0 Å². The Kier molecular flexibility index (Phi) is 6.96.